The number of carboxylic acids is 1. The molecule has 24 heavy (non-hydrogen) atoms. The second-order valence-electron chi connectivity index (χ2n) is 5.16. The smallest absolute Gasteiger partial charge is 0.339 e. The maximum atomic E-state index is 12.0. The van der Waals surface area contributed by atoms with Crippen molar-refractivity contribution in [3.05, 3.63) is 59.7 Å². The van der Waals surface area contributed by atoms with Crippen molar-refractivity contribution in [2.75, 3.05) is 13.7 Å². The predicted molar refractivity (Wildman–Crippen MR) is 88.4 cm³/mol. The Bertz CT molecular complexity index is 715. The lowest BCUT2D eigenvalue weighted by Crippen LogP contribution is -2.31. The van der Waals surface area contributed by atoms with Crippen molar-refractivity contribution in [3.8, 4) is 11.5 Å². The van der Waals surface area contributed by atoms with Crippen molar-refractivity contribution in [2.45, 2.75) is 13.0 Å². The van der Waals surface area contributed by atoms with Gasteiger partial charge in [0.25, 0.3) is 5.91 Å². The summed E-state index contributed by atoms with van der Waals surface area (Å²) in [5, 5.41) is 12.0. The molecule has 0 aliphatic heterocycles. The molecule has 2 rings (SSSR count). The second-order valence-corrected chi connectivity index (χ2v) is 5.16. The molecule has 0 aliphatic carbocycles. The standard InChI is InChI=1S/C18H19NO5/c1-12(13-6-4-3-5-7-13)19-17(20)11-24-16-10-14(23-2)8-9-15(16)18(21)22/h3-10,12H,11H2,1-2H3,(H,19,20)(H,21,22)/t12-/m0/s1. The third-order valence-corrected chi connectivity index (χ3v) is 3.46. The van der Waals surface area contributed by atoms with Gasteiger partial charge in [-0.25, -0.2) is 4.79 Å². The zero-order valence-corrected chi connectivity index (χ0v) is 13.5. The summed E-state index contributed by atoms with van der Waals surface area (Å²) >= 11 is 0. The van der Waals surface area contributed by atoms with Crippen LogP contribution in [0.3, 0.4) is 0 Å². The van der Waals surface area contributed by atoms with E-state index in [-0.39, 0.29) is 29.9 Å². The van der Waals surface area contributed by atoms with Gasteiger partial charge in [0, 0.05) is 6.07 Å². The summed E-state index contributed by atoms with van der Waals surface area (Å²) in [4.78, 5) is 23.2. The number of hydrogen-bond donors (Lipinski definition) is 2. The predicted octanol–water partition coefficient (Wildman–Crippen LogP) is 2.65. The highest BCUT2D eigenvalue weighted by molar-refractivity contribution is 5.91. The lowest BCUT2D eigenvalue weighted by molar-refractivity contribution is -0.123. The van der Waals surface area contributed by atoms with Crippen LogP contribution in [0, 0.1) is 0 Å². The molecule has 0 bridgehead atoms. The van der Waals surface area contributed by atoms with Gasteiger partial charge in [0.05, 0.1) is 13.2 Å². The van der Waals surface area contributed by atoms with Crippen LogP contribution in [0.25, 0.3) is 0 Å². The molecule has 2 aromatic rings. The number of amides is 1. The average Bonchev–Trinajstić information content (AvgIpc) is 2.60. The minimum absolute atomic E-state index is 0.0280. The summed E-state index contributed by atoms with van der Waals surface area (Å²) in [5.41, 5.74) is 0.943. The number of nitrogens with one attached hydrogen (secondary N) is 1. The molecule has 6 nitrogen and oxygen atoms in total. The van der Waals surface area contributed by atoms with Gasteiger partial charge >= 0.3 is 5.97 Å². The largest absolute Gasteiger partial charge is 0.497 e. The van der Waals surface area contributed by atoms with Crippen molar-refractivity contribution < 1.29 is 24.2 Å². The Morgan fingerprint density at radius 3 is 2.50 bits per heavy atom. The minimum Gasteiger partial charge on any atom is -0.497 e. The fraction of sp³-hybridized carbons (Fsp3) is 0.222. The van der Waals surface area contributed by atoms with Gasteiger partial charge in [0.1, 0.15) is 17.1 Å². The van der Waals surface area contributed by atoms with Crippen LogP contribution in [0.15, 0.2) is 48.5 Å². The summed E-state index contributed by atoms with van der Waals surface area (Å²) in [5.74, 6) is -0.936. The lowest BCUT2D eigenvalue weighted by atomic mass is 10.1. The Hall–Kier alpha value is -3.02. The molecule has 0 unspecified atom stereocenters. The summed E-state index contributed by atoms with van der Waals surface area (Å²) in [6, 6.07) is 13.7. The summed E-state index contributed by atoms with van der Waals surface area (Å²) < 4.78 is 10.4. The number of carboxylic acid groups (broad SMARTS) is 1. The molecule has 0 fully saturated rings. The van der Waals surface area contributed by atoms with E-state index >= 15 is 0 Å². The minimum atomic E-state index is -1.13. The average molecular weight is 329 g/mol. The molecule has 0 saturated carbocycles. The van der Waals surface area contributed by atoms with Crippen LogP contribution in [0.4, 0.5) is 0 Å². The van der Waals surface area contributed by atoms with E-state index in [9.17, 15) is 9.59 Å². The normalized spacial score (nSPS) is 11.4. The van der Waals surface area contributed by atoms with Crippen LogP contribution in [0.1, 0.15) is 28.9 Å². The first kappa shape index (κ1) is 17.3. The first-order chi connectivity index (χ1) is 11.5. The number of hydrogen-bond acceptors (Lipinski definition) is 4. The van der Waals surface area contributed by atoms with Crippen LogP contribution >= 0.6 is 0 Å². The topological polar surface area (TPSA) is 84.9 Å². The number of ether oxygens (including phenoxy) is 2. The van der Waals surface area contributed by atoms with E-state index in [0.29, 0.717) is 5.75 Å². The molecule has 0 aliphatic rings. The molecular formula is C18H19NO5. The number of carbonyl (C=O) groups excluding carboxylic acids is 1. The number of methoxy groups -OCH3 is 1. The Kier molecular flexibility index (Phi) is 5.78. The number of benzene rings is 2. The van der Waals surface area contributed by atoms with Crippen molar-refractivity contribution in [2.24, 2.45) is 0 Å². The van der Waals surface area contributed by atoms with Gasteiger partial charge in [-0.2, -0.15) is 0 Å². The fourth-order valence-corrected chi connectivity index (χ4v) is 2.18. The van der Waals surface area contributed by atoms with Gasteiger partial charge in [-0.3, -0.25) is 4.79 Å². The molecular weight excluding hydrogens is 310 g/mol. The Morgan fingerprint density at radius 1 is 1.17 bits per heavy atom. The SMILES string of the molecule is COc1ccc(C(=O)O)c(OCC(=O)N[C@@H](C)c2ccccc2)c1. The van der Waals surface area contributed by atoms with Gasteiger partial charge in [0.2, 0.25) is 0 Å². The summed E-state index contributed by atoms with van der Waals surface area (Å²) in [6.07, 6.45) is 0. The van der Waals surface area contributed by atoms with Crippen molar-refractivity contribution >= 4 is 11.9 Å². The van der Waals surface area contributed by atoms with Gasteiger partial charge in [-0.15, -0.1) is 0 Å². The maximum Gasteiger partial charge on any atom is 0.339 e. The number of aromatic carboxylic acids is 1. The van der Waals surface area contributed by atoms with Gasteiger partial charge < -0.3 is 19.9 Å². The first-order valence-electron chi connectivity index (χ1n) is 7.39. The van der Waals surface area contributed by atoms with E-state index in [1.807, 2.05) is 37.3 Å². The highest BCUT2D eigenvalue weighted by Gasteiger charge is 2.15. The van der Waals surface area contributed by atoms with E-state index in [1.54, 1.807) is 0 Å². The fourth-order valence-electron chi connectivity index (χ4n) is 2.18. The van der Waals surface area contributed by atoms with Crippen LogP contribution in [-0.2, 0) is 4.79 Å². The van der Waals surface area contributed by atoms with E-state index in [4.69, 9.17) is 14.6 Å². The van der Waals surface area contributed by atoms with E-state index in [1.165, 1.54) is 25.3 Å². The molecule has 0 radical (unpaired) electrons. The van der Waals surface area contributed by atoms with Gasteiger partial charge in [-0.1, -0.05) is 30.3 Å². The quantitative estimate of drug-likeness (QED) is 0.816. The van der Waals surface area contributed by atoms with E-state index in [0.717, 1.165) is 5.56 Å². The molecule has 0 heterocycles. The molecule has 2 N–H and O–H groups in total. The molecule has 0 saturated heterocycles. The monoisotopic (exact) mass is 329 g/mol. The lowest BCUT2D eigenvalue weighted by Gasteiger charge is -2.15. The molecule has 0 spiro atoms. The third-order valence-electron chi connectivity index (χ3n) is 3.46. The zero-order chi connectivity index (χ0) is 17.5. The Balaban J connectivity index is 2.00. The van der Waals surface area contributed by atoms with Crippen LogP contribution < -0.4 is 14.8 Å². The molecule has 1 amide bonds. The van der Waals surface area contributed by atoms with Gasteiger partial charge in [-0.05, 0) is 24.6 Å². The van der Waals surface area contributed by atoms with Crippen LogP contribution in [0.2, 0.25) is 0 Å². The summed E-state index contributed by atoms with van der Waals surface area (Å²) in [6.45, 7) is 1.58. The molecule has 2 aromatic carbocycles. The second kappa shape index (κ2) is 8.01. The third kappa shape index (κ3) is 4.49. The van der Waals surface area contributed by atoms with E-state index in [2.05, 4.69) is 5.32 Å². The Morgan fingerprint density at radius 2 is 1.88 bits per heavy atom. The van der Waals surface area contributed by atoms with Crippen LogP contribution in [-0.4, -0.2) is 30.7 Å². The van der Waals surface area contributed by atoms with E-state index < -0.39 is 5.97 Å². The Labute approximate surface area is 140 Å². The molecule has 1 atom stereocenters. The number of carbonyl (C=O) groups is 2. The van der Waals surface area contributed by atoms with Crippen molar-refractivity contribution in [1.82, 2.24) is 5.32 Å². The maximum absolute atomic E-state index is 12.0. The summed E-state index contributed by atoms with van der Waals surface area (Å²) in [7, 11) is 1.47. The number of rotatable bonds is 7. The molecule has 6 heteroatoms. The molecule has 0 aromatic heterocycles. The van der Waals surface area contributed by atoms with Crippen molar-refractivity contribution in [3.63, 3.8) is 0 Å². The highest BCUT2D eigenvalue weighted by atomic mass is 16.5. The van der Waals surface area contributed by atoms with Crippen LogP contribution in [0.5, 0.6) is 11.5 Å². The molecule has 126 valence electrons. The van der Waals surface area contributed by atoms with Gasteiger partial charge in [0.15, 0.2) is 6.61 Å². The first-order valence-corrected chi connectivity index (χ1v) is 7.39. The zero-order valence-electron chi connectivity index (χ0n) is 13.5. The van der Waals surface area contributed by atoms with Crippen molar-refractivity contribution in [1.29, 1.82) is 0 Å². The highest BCUT2D eigenvalue weighted by Crippen LogP contribution is 2.25.